The third kappa shape index (κ3) is 5.42. The molecule has 27 heavy (non-hydrogen) atoms. The summed E-state index contributed by atoms with van der Waals surface area (Å²) in [7, 11) is 0. The molecule has 0 saturated heterocycles. The number of nitrogens with zero attached hydrogens (tertiary/aromatic N) is 1. The highest BCUT2D eigenvalue weighted by Crippen LogP contribution is 2.33. The largest absolute Gasteiger partial charge is 0.480 e. The number of rotatable bonds is 10. The topological polar surface area (TPSA) is 78.9 Å². The molecule has 2 N–H and O–H groups in total. The Kier molecular flexibility index (Phi) is 6.31. The highest BCUT2D eigenvalue weighted by molar-refractivity contribution is 5.81. The van der Waals surface area contributed by atoms with Crippen LogP contribution in [0, 0.1) is 11.7 Å². The van der Waals surface area contributed by atoms with E-state index in [1.807, 2.05) is 11.8 Å². The molecular formula is C20H27FN2O4. The summed E-state index contributed by atoms with van der Waals surface area (Å²) >= 11 is 0. The standard InChI is InChI=1S/C20H27FN2O4/c1-2-17(27-18-6-4-3-5-16(18)21)20(26)22-14-9-15(10-14)23(12-19(24)25)11-13-7-8-13/h3-6,13-15,17H,2,7-12H2,1H3,(H,22,26)(H,24,25). The van der Waals surface area contributed by atoms with E-state index in [0.717, 1.165) is 19.4 Å². The first-order valence-electron chi connectivity index (χ1n) is 9.63. The van der Waals surface area contributed by atoms with Gasteiger partial charge in [-0.05, 0) is 50.2 Å². The van der Waals surface area contributed by atoms with Gasteiger partial charge in [0.15, 0.2) is 17.7 Å². The number of para-hydroxylation sites is 1. The Morgan fingerprint density at radius 3 is 2.63 bits per heavy atom. The number of carboxylic acid groups (broad SMARTS) is 1. The van der Waals surface area contributed by atoms with Crippen molar-refractivity contribution in [2.24, 2.45) is 5.92 Å². The maximum Gasteiger partial charge on any atom is 0.317 e. The number of carbonyl (C=O) groups excluding carboxylic acids is 1. The Morgan fingerprint density at radius 2 is 2.04 bits per heavy atom. The van der Waals surface area contributed by atoms with Gasteiger partial charge in [-0.2, -0.15) is 0 Å². The predicted octanol–water partition coefficient (Wildman–Crippen LogP) is 2.43. The van der Waals surface area contributed by atoms with Crippen LogP contribution in [0.5, 0.6) is 5.75 Å². The van der Waals surface area contributed by atoms with Gasteiger partial charge in [0.1, 0.15) is 0 Å². The first kappa shape index (κ1) is 19.6. The fourth-order valence-corrected chi connectivity index (χ4v) is 3.46. The number of hydrogen-bond donors (Lipinski definition) is 2. The molecule has 1 amide bonds. The molecule has 7 heteroatoms. The second-order valence-corrected chi connectivity index (χ2v) is 7.54. The summed E-state index contributed by atoms with van der Waals surface area (Å²) in [4.78, 5) is 25.6. The van der Waals surface area contributed by atoms with E-state index in [-0.39, 0.29) is 30.3 Å². The lowest BCUT2D eigenvalue weighted by atomic mass is 9.85. The first-order valence-corrected chi connectivity index (χ1v) is 9.63. The molecule has 2 aliphatic rings. The molecule has 1 aromatic rings. The third-order valence-electron chi connectivity index (χ3n) is 5.27. The maximum atomic E-state index is 13.7. The number of ether oxygens (including phenoxy) is 1. The van der Waals surface area contributed by atoms with Crippen molar-refractivity contribution in [1.82, 2.24) is 10.2 Å². The van der Waals surface area contributed by atoms with Gasteiger partial charge in [0, 0.05) is 18.6 Å². The molecule has 2 fully saturated rings. The molecule has 2 saturated carbocycles. The lowest BCUT2D eigenvalue weighted by Gasteiger charge is -2.43. The summed E-state index contributed by atoms with van der Waals surface area (Å²) in [6.07, 6.45) is 3.51. The van der Waals surface area contributed by atoms with Crippen LogP contribution in [0.2, 0.25) is 0 Å². The van der Waals surface area contributed by atoms with Gasteiger partial charge in [-0.1, -0.05) is 19.1 Å². The van der Waals surface area contributed by atoms with Crippen LogP contribution in [0.15, 0.2) is 24.3 Å². The molecule has 0 aromatic heterocycles. The molecule has 1 aromatic carbocycles. The summed E-state index contributed by atoms with van der Waals surface area (Å²) in [5.41, 5.74) is 0. The van der Waals surface area contributed by atoms with Crippen molar-refractivity contribution in [2.75, 3.05) is 13.1 Å². The molecule has 0 radical (unpaired) electrons. The van der Waals surface area contributed by atoms with Crippen LogP contribution >= 0.6 is 0 Å². The molecule has 0 heterocycles. The zero-order valence-corrected chi connectivity index (χ0v) is 15.6. The fraction of sp³-hybridized carbons (Fsp3) is 0.600. The number of carbonyl (C=O) groups is 2. The number of amides is 1. The SMILES string of the molecule is CCC(Oc1ccccc1F)C(=O)NC1CC(N(CC(=O)O)CC2CC2)C1. The van der Waals surface area contributed by atoms with Gasteiger partial charge in [-0.25, -0.2) is 4.39 Å². The van der Waals surface area contributed by atoms with E-state index in [1.165, 1.54) is 25.0 Å². The summed E-state index contributed by atoms with van der Waals surface area (Å²) in [5, 5.41) is 12.1. The average molecular weight is 378 g/mol. The van der Waals surface area contributed by atoms with Gasteiger partial charge in [0.25, 0.3) is 5.91 Å². The first-order chi connectivity index (χ1) is 13.0. The van der Waals surface area contributed by atoms with Crippen LogP contribution in [0.25, 0.3) is 0 Å². The summed E-state index contributed by atoms with van der Waals surface area (Å²) in [6, 6.07) is 6.24. The van der Waals surface area contributed by atoms with Crippen molar-refractivity contribution in [3.63, 3.8) is 0 Å². The predicted molar refractivity (Wildman–Crippen MR) is 98.0 cm³/mol. The maximum absolute atomic E-state index is 13.7. The molecule has 0 bridgehead atoms. The van der Waals surface area contributed by atoms with Crippen LogP contribution in [-0.2, 0) is 9.59 Å². The van der Waals surface area contributed by atoms with Crippen LogP contribution in [-0.4, -0.2) is 53.2 Å². The minimum Gasteiger partial charge on any atom is -0.480 e. The van der Waals surface area contributed by atoms with E-state index in [0.29, 0.717) is 12.3 Å². The summed E-state index contributed by atoms with van der Waals surface area (Å²) in [6.45, 7) is 2.69. The van der Waals surface area contributed by atoms with E-state index in [9.17, 15) is 14.0 Å². The zero-order valence-electron chi connectivity index (χ0n) is 15.6. The lowest BCUT2D eigenvalue weighted by molar-refractivity contribution is -0.140. The second-order valence-electron chi connectivity index (χ2n) is 7.54. The monoisotopic (exact) mass is 378 g/mol. The van der Waals surface area contributed by atoms with Crippen molar-refractivity contribution in [3.05, 3.63) is 30.1 Å². The minimum absolute atomic E-state index is 0.0104. The number of benzene rings is 1. The average Bonchev–Trinajstić information content (AvgIpc) is 3.40. The number of aliphatic carboxylic acids is 1. The van der Waals surface area contributed by atoms with E-state index < -0.39 is 17.9 Å². The Bertz CT molecular complexity index is 674. The van der Waals surface area contributed by atoms with Gasteiger partial charge >= 0.3 is 5.97 Å². The van der Waals surface area contributed by atoms with Crippen molar-refractivity contribution in [3.8, 4) is 5.75 Å². The minimum atomic E-state index is -0.813. The van der Waals surface area contributed by atoms with E-state index >= 15 is 0 Å². The van der Waals surface area contributed by atoms with Gasteiger partial charge in [-0.3, -0.25) is 14.5 Å². The molecule has 2 aliphatic carbocycles. The molecular weight excluding hydrogens is 351 g/mol. The molecule has 0 spiro atoms. The van der Waals surface area contributed by atoms with Crippen LogP contribution < -0.4 is 10.1 Å². The number of nitrogens with one attached hydrogen (secondary N) is 1. The summed E-state index contributed by atoms with van der Waals surface area (Å²) in [5.74, 6) is -0.861. The number of hydrogen-bond acceptors (Lipinski definition) is 4. The van der Waals surface area contributed by atoms with Crippen LogP contribution in [0.3, 0.4) is 0 Å². The Hall–Kier alpha value is -2.15. The highest BCUT2D eigenvalue weighted by atomic mass is 19.1. The molecule has 0 aliphatic heterocycles. The third-order valence-corrected chi connectivity index (χ3v) is 5.27. The lowest BCUT2D eigenvalue weighted by Crippen LogP contribution is -2.57. The molecule has 1 unspecified atom stereocenters. The molecule has 6 nitrogen and oxygen atoms in total. The Morgan fingerprint density at radius 1 is 1.33 bits per heavy atom. The molecule has 148 valence electrons. The van der Waals surface area contributed by atoms with Crippen LogP contribution in [0.4, 0.5) is 4.39 Å². The smallest absolute Gasteiger partial charge is 0.317 e. The number of halogens is 1. The van der Waals surface area contributed by atoms with Crippen molar-refractivity contribution < 1.29 is 23.8 Å². The zero-order chi connectivity index (χ0) is 19.4. The number of carboxylic acids is 1. The van der Waals surface area contributed by atoms with E-state index in [2.05, 4.69) is 5.32 Å². The van der Waals surface area contributed by atoms with Crippen molar-refractivity contribution >= 4 is 11.9 Å². The van der Waals surface area contributed by atoms with Crippen molar-refractivity contribution in [2.45, 2.75) is 57.2 Å². The van der Waals surface area contributed by atoms with Crippen LogP contribution in [0.1, 0.15) is 39.0 Å². The second kappa shape index (κ2) is 8.69. The highest BCUT2D eigenvalue weighted by Gasteiger charge is 2.38. The Labute approximate surface area is 158 Å². The Balaban J connectivity index is 1.48. The fourth-order valence-electron chi connectivity index (χ4n) is 3.46. The van der Waals surface area contributed by atoms with Gasteiger partial charge in [0.2, 0.25) is 0 Å². The molecule has 1 atom stereocenters. The van der Waals surface area contributed by atoms with Crippen molar-refractivity contribution in [1.29, 1.82) is 0 Å². The quantitative estimate of drug-likeness (QED) is 0.654. The van der Waals surface area contributed by atoms with E-state index in [1.54, 1.807) is 12.1 Å². The normalized spacial score (nSPS) is 22.8. The summed E-state index contributed by atoms with van der Waals surface area (Å²) < 4.78 is 19.3. The van der Waals surface area contributed by atoms with E-state index in [4.69, 9.17) is 9.84 Å². The van der Waals surface area contributed by atoms with Gasteiger partial charge < -0.3 is 15.2 Å². The van der Waals surface area contributed by atoms with Gasteiger partial charge in [0.05, 0.1) is 6.54 Å². The van der Waals surface area contributed by atoms with Gasteiger partial charge in [-0.15, -0.1) is 0 Å². The molecule has 3 rings (SSSR count).